The Labute approximate surface area is 112 Å². The molecule has 0 saturated carbocycles. The first-order chi connectivity index (χ1) is 9.24. The fourth-order valence-corrected chi connectivity index (χ4v) is 1.81. The lowest BCUT2D eigenvalue weighted by atomic mass is 10.00. The van der Waals surface area contributed by atoms with E-state index in [0.29, 0.717) is 18.5 Å². The van der Waals surface area contributed by atoms with Gasteiger partial charge < -0.3 is 9.47 Å². The highest BCUT2D eigenvalue weighted by Crippen LogP contribution is 2.25. The number of ether oxygens (including phenoxy) is 2. The predicted octanol–water partition coefficient (Wildman–Crippen LogP) is 2.25. The minimum Gasteiger partial charge on any atom is -0.371 e. The van der Waals surface area contributed by atoms with E-state index in [1.54, 1.807) is 18.2 Å². The number of benzene rings is 1. The highest BCUT2D eigenvalue weighted by Gasteiger charge is 2.24. The first kappa shape index (κ1) is 13.5. The summed E-state index contributed by atoms with van der Waals surface area (Å²) >= 11 is 0. The lowest BCUT2D eigenvalue weighted by molar-refractivity contribution is -0.104. The van der Waals surface area contributed by atoms with Crippen LogP contribution < -0.4 is 0 Å². The van der Waals surface area contributed by atoms with Crippen LogP contribution in [0.5, 0.6) is 0 Å². The highest BCUT2D eigenvalue weighted by molar-refractivity contribution is 5.75. The van der Waals surface area contributed by atoms with Gasteiger partial charge in [-0.2, -0.15) is 5.26 Å². The number of hydrogen-bond donors (Lipinski definition) is 0. The SMILES string of the molecule is C[C@@H](OC[C@H]1CO1)c1ccc(C#N)cc1/C=C/C=O. The number of epoxide rings is 1. The van der Waals surface area contributed by atoms with Crippen LogP contribution in [0, 0.1) is 11.3 Å². The quantitative estimate of drug-likeness (QED) is 0.445. The Morgan fingerprint density at radius 2 is 2.42 bits per heavy atom. The molecule has 1 heterocycles. The average Bonchev–Trinajstić information content (AvgIpc) is 3.26. The molecule has 4 nitrogen and oxygen atoms in total. The summed E-state index contributed by atoms with van der Waals surface area (Å²) in [5, 5.41) is 8.91. The first-order valence-electron chi connectivity index (χ1n) is 6.13. The van der Waals surface area contributed by atoms with E-state index in [1.807, 2.05) is 13.0 Å². The molecule has 2 atom stereocenters. The molecule has 1 aromatic rings. The molecular weight excluding hydrogens is 242 g/mol. The van der Waals surface area contributed by atoms with Gasteiger partial charge in [-0.15, -0.1) is 0 Å². The zero-order chi connectivity index (χ0) is 13.7. The maximum Gasteiger partial charge on any atom is 0.142 e. The summed E-state index contributed by atoms with van der Waals surface area (Å²) in [6.45, 7) is 3.28. The normalized spacial score (nSPS) is 19.1. The molecule has 0 aromatic heterocycles. The Morgan fingerprint density at radius 1 is 1.63 bits per heavy atom. The number of nitrogens with zero attached hydrogens (tertiary/aromatic N) is 1. The van der Waals surface area contributed by atoms with Crippen molar-refractivity contribution in [1.82, 2.24) is 0 Å². The van der Waals surface area contributed by atoms with E-state index in [2.05, 4.69) is 6.07 Å². The highest BCUT2D eigenvalue weighted by atomic mass is 16.6. The maximum atomic E-state index is 10.4. The number of carbonyl (C=O) groups is 1. The van der Waals surface area contributed by atoms with E-state index in [4.69, 9.17) is 14.7 Å². The molecule has 0 amide bonds. The second kappa shape index (κ2) is 6.28. The summed E-state index contributed by atoms with van der Waals surface area (Å²) in [5.41, 5.74) is 2.35. The summed E-state index contributed by atoms with van der Waals surface area (Å²) in [6, 6.07) is 7.45. The number of allylic oxidation sites excluding steroid dienone is 1. The Hall–Kier alpha value is -1.96. The van der Waals surface area contributed by atoms with Crippen molar-refractivity contribution < 1.29 is 14.3 Å². The van der Waals surface area contributed by atoms with Gasteiger partial charge in [-0.1, -0.05) is 12.1 Å². The molecule has 2 rings (SSSR count). The zero-order valence-electron chi connectivity index (χ0n) is 10.7. The van der Waals surface area contributed by atoms with Gasteiger partial charge in [0, 0.05) is 0 Å². The summed E-state index contributed by atoms with van der Waals surface area (Å²) in [4.78, 5) is 10.4. The van der Waals surface area contributed by atoms with Gasteiger partial charge in [0.1, 0.15) is 12.4 Å². The van der Waals surface area contributed by atoms with Gasteiger partial charge in [0.05, 0.1) is 31.0 Å². The predicted molar refractivity (Wildman–Crippen MR) is 70.4 cm³/mol. The number of aldehydes is 1. The van der Waals surface area contributed by atoms with Gasteiger partial charge in [0.25, 0.3) is 0 Å². The van der Waals surface area contributed by atoms with Crippen LogP contribution >= 0.6 is 0 Å². The van der Waals surface area contributed by atoms with Crippen molar-refractivity contribution in [3.63, 3.8) is 0 Å². The molecule has 0 aliphatic carbocycles. The van der Waals surface area contributed by atoms with Crippen LogP contribution in [-0.2, 0) is 14.3 Å². The third kappa shape index (κ3) is 3.75. The summed E-state index contributed by atoms with van der Waals surface area (Å²) in [6.07, 6.45) is 3.93. The molecule has 1 saturated heterocycles. The fraction of sp³-hybridized carbons (Fsp3) is 0.333. The van der Waals surface area contributed by atoms with Crippen LogP contribution in [-0.4, -0.2) is 25.6 Å². The molecular formula is C15H15NO3. The number of nitriles is 1. The third-order valence-corrected chi connectivity index (χ3v) is 2.94. The molecule has 19 heavy (non-hydrogen) atoms. The van der Waals surface area contributed by atoms with Crippen molar-refractivity contribution in [2.24, 2.45) is 0 Å². The topological polar surface area (TPSA) is 62.6 Å². The molecule has 0 bridgehead atoms. The molecule has 1 aliphatic heterocycles. The minimum atomic E-state index is -0.108. The van der Waals surface area contributed by atoms with Crippen molar-refractivity contribution >= 4 is 12.4 Å². The summed E-state index contributed by atoms with van der Waals surface area (Å²) in [5.74, 6) is 0. The Balaban J connectivity index is 2.18. The second-order valence-electron chi connectivity index (χ2n) is 4.38. The maximum absolute atomic E-state index is 10.4. The number of carbonyl (C=O) groups excluding carboxylic acids is 1. The van der Waals surface area contributed by atoms with E-state index in [1.165, 1.54) is 6.08 Å². The number of hydrogen-bond acceptors (Lipinski definition) is 4. The lowest BCUT2D eigenvalue weighted by Gasteiger charge is -2.15. The molecule has 0 radical (unpaired) electrons. The van der Waals surface area contributed by atoms with Crippen LogP contribution in [0.25, 0.3) is 6.08 Å². The van der Waals surface area contributed by atoms with E-state index >= 15 is 0 Å². The molecule has 0 unspecified atom stereocenters. The molecule has 0 N–H and O–H groups in total. The molecule has 98 valence electrons. The Morgan fingerprint density at radius 3 is 3.05 bits per heavy atom. The van der Waals surface area contributed by atoms with Gasteiger partial charge in [-0.05, 0) is 36.3 Å². The van der Waals surface area contributed by atoms with E-state index in [9.17, 15) is 4.79 Å². The molecule has 1 fully saturated rings. The molecule has 1 aliphatic rings. The Bertz CT molecular complexity index is 527. The molecule has 1 aromatic carbocycles. The Kier molecular flexibility index (Phi) is 4.45. The summed E-state index contributed by atoms with van der Waals surface area (Å²) in [7, 11) is 0. The smallest absolute Gasteiger partial charge is 0.142 e. The average molecular weight is 257 g/mol. The lowest BCUT2D eigenvalue weighted by Crippen LogP contribution is -2.07. The first-order valence-corrected chi connectivity index (χ1v) is 6.13. The van der Waals surface area contributed by atoms with Crippen molar-refractivity contribution in [3.05, 3.63) is 41.0 Å². The van der Waals surface area contributed by atoms with Crippen LogP contribution in [0.1, 0.15) is 29.7 Å². The van der Waals surface area contributed by atoms with Crippen molar-refractivity contribution in [2.75, 3.05) is 13.2 Å². The van der Waals surface area contributed by atoms with Gasteiger partial charge in [-0.3, -0.25) is 4.79 Å². The van der Waals surface area contributed by atoms with Crippen LogP contribution in [0.3, 0.4) is 0 Å². The minimum absolute atomic E-state index is 0.108. The zero-order valence-corrected chi connectivity index (χ0v) is 10.7. The van der Waals surface area contributed by atoms with E-state index in [-0.39, 0.29) is 12.2 Å². The monoisotopic (exact) mass is 257 g/mol. The van der Waals surface area contributed by atoms with Gasteiger partial charge in [-0.25, -0.2) is 0 Å². The van der Waals surface area contributed by atoms with Crippen molar-refractivity contribution in [1.29, 1.82) is 5.26 Å². The van der Waals surface area contributed by atoms with Crippen molar-refractivity contribution in [3.8, 4) is 6.07 Å². The second-order valence-corrected chi connectivity index (χ2v) is 4.38. The number of rotatable bonds is 6. The summed E-state index contributed by atoms with van der Waals surface area (Å²) < 4.78 is 10.8. The third-order valence-electron chi connectivity index (χ3n) is 2.94. The van der Waals surface area contributed by atoms with Gasteiger partial charge >= 0.3 is 0 Å². The fourth-order valence-electron chi connectivity index (χ4n) is 1.81. The van der Waals surface area contributed by atoms with Gasteiger partial charge in [0.15, 0.2) is 0 Å². The van der Waals surface area contributed by atoms with Crippen molar-refractivity contribution in [2.45, 2.75) is 19.1 Å². The van der Waals surface area contributed by atoms with E-state index < -0.39 is 0 Å². The molecule has 0 spiro atoms. The van der Waals surface area contributed by atoms with Crippen LogP contribution in [0.15, 0.2) is 24.3 Å². The van der Waals surface area contributed by atoms with E-state index in [0.717, 1.165) is 17.7 Å². The molecule has 4 heteroatoms. The van der Waals surface area contributed by atoms with Gasteiger partial charge in [0.2, 0.25) is 0 Å². The van der Waals surface area contributed by atoms with Crippen LogP contribution in [0.2, 0.25) is 0 Å². The standard InChI is InChI=1S/C15H15NO3/c1-11(18-9-14-10-19-14)15-5-4-12(8-16)7-13(15)3-2-6-17/h2-7,11,14H,9-10H2,1H3/b3-2+/t11-,14+/m1/s1. The largest absolute Gasteiger partial charge is 0.371 e. The van der Waals surface area contributed by atoms with Crippen LogP contribution in [0.4, 0.5) is 0 Å².